The van der Waals surface area contributed by atoms with Crippen LogP contribution < -0.4 is 15.8 Å². The van der Waals surface area contributed by atoms with E-state index in [1.807, 2.05) is 38.1 Å². The van der Waals surface area contributed by atoms with E-state index in [9.17, 15) is 0 Å². The molecule has 0 bridgehead atoms. The van der Waals surface area contributed by atoms with Crippen LogP contribution in [-0.4, -0.2) is 19.2 Å². The fourth-order valence-electron chi connectivity index (χ4n) is 1.76. The lowest BCUT2D eigenvalue weighted by Crippen LogP contribution is -2.27. The predicted molar refractivity (Wildman–Crippen MR) is 78.1 cm³/mol. The Morgan fingerprint density at radius 2 is 1.72 bits per heavy atom. The van der Waals surface area contributed by atoms with Gasteiger partial charge in [0.15, 0.2) is 0 Å². The van der Waals surface area contributed by atoms with Gasteiger partial charge in [-0.15, -0.1) is 0 Å². The van der Waals surface area contributed by atoms with Gasteiger partial charge in [0.2, 0.25) is 0 Å². The van der Waals surface area contributed by atoms with E-state index in [1.54, 1.807) is 0 Å². The van der Waals surface area contributed by atoms with E-state index in [0.717, 1.165) is 24.5 Å². The van der Waals surface area contributed by atoms with Crippen molar-refractivity contribution in [3.63, 3.8) is 0 Å². The minimum absolute atomic E-state index is 0.214. The highest BCUT2D eigenvalue weighted by molar-refractivity contribution is 5.46. The zero-order valence-corrected chi connectivity index (χ0v) is 11.9. The lowest BCUT2D eigenvalue weighted by Gasteiger charge is -2.20. The molecule has 18 heavy (non-hydrogen) atoms. The molecule has 0 saturated heterocycles. The summed E-state index contributed by atoms with van der Waals surface area (Å²) in [5.74, 6) is 2.03. The van der Waals surface area contributed by atoms with Crippen molar-refractivity contribution in [2.24, 2.45) is 17.6 Å². The number of benzene rings is 1. The van der Waals surface area contributed by atoms with Crippen LogP contribution in [0.1, 0.15) is 27.7 Å². The van der Waals surface area contributed by atoms with E-state index in [-0.39, 0.29) is 6.10 Å². The summed E-state index contributed by atoms with van der Waals surface area (Å²) in [4.78, 5) is 0. The highest BCUT2D eigenvalue weighted by Gasteiger charge is 2.10. The maximum absolute atomic E-state index is 5.76. The maximum atomic E-state index is 5.76. The number of hydrogen-bond acceptors (Lipinski definition) is 3. The quantitative estimate of drug-likeness (QED) is 0.781. The summed E-state index contributed by atoms with van der Waals surface area (Å²) < 4.78 is 5.61. The Hall–Kier alpha value is -1.22. The van der Waals surface area contributed by atoms with Crippen molar-refractivity contribution in [3.05, 3.63) is 24.3 Å². The van der Waals surface area contributed by atoms with Gasteiger partial charge >= 0.3 is 0 Å². The molecule has 0 saturated carbocycles. The van der Waals surface area contributed by atoms with Crippen LogP contribution in [0.2, 0.25) is 0 Å². The van der Waals surface area contributed by atoms with Crippen LogP contribution >= 0.6 is 0 Å². The van der Waals surface area contributed by atoms with Crippen LogP contribution in [0.15, 0.2) is 24.3 Å². The number of ether oxygens (including phenoxy) is 1. The van der Waals surface area contributed by atoms with Crippen molar-refractivity contribution >= 4 is 5.69 Å². The first-order valence-electron chi connectivity index (χ1n) is 6.73. The Balaban J connectivity index is 2.48. The molecule has 1 aromatic rings. The normalized spacial score (nSPS) is 12.8. The molecule has 1 atom stereocenters. The summed E-state index contributed by atoms with van der Waals surface area (Å²) >= 11 is 0. The Bertz CT molecular complexity index is 333. The SMILES string of the molecule is CC(C)Oc1ccc(NCC(CN)C(C)C)cc1. The molecule has 0 amide bonds. The van der Waals surface area contributed by atoms with Gasteiger partial charge in [0.05, 0.1) is 6.10 Å². The van der Waals surface area contributed by atoms with Gasteiger partial charge in [-0.05, 0) is 56.5 Å². The number of anilines is 1. The molecular weight excluding hydrogens is 224 g/mol. The van der Waals surface area contributed by atoms with Crippen molar-refractivity contribution in [3.8, 4) is 5.75 Å². The first-order valence-corrected chi connectivity index (χ1v) is 6.73. The summed E-state index contributed by atoms with van der Waals surface area (Å²) in [6.07, 6.45) is 0.214. The van der Waals surface area contributed by atoms with Gasteiger partial charge in [0, 0.05) is 12.2 Å². The van der Waals surface area contributed by atoms with Gasteiger partial charge < -0.3 is 15.8 Å². The molecule has 1 unspecified atom stereocenters. The maximum Gasteiger partial charge on any atom is 0.119 e. The molecule has 0 aliphatic heterocycles. The summed E-state index contributed by atoms with van der Waals surface area (Å²) in [7, 11) is 0. The van der Waals surface area contributed by atoms with Crippen molar-refractivity contribution in [1.82, 2.24) is 0 Å². The molecule has 3 N–H and O–H groups in total. The van der Waals surface area contributed by atoms with Gasteiger partial charge in [-0.1, -0.05) is 13.8 Å². The smallest absolute Gasteiger partial charge is 0.119 e. The van der Waals surface area contributed by atoms with Crippen LogP contribution in [0.3, 0.4) is 0 Å². The highest BCUT2D eigenvalue weighted by atomic mass is 16.5. The average Bonchev–Trinajstić information content (AvgIpc) is 2.31. The molecule has 102 valence electrons. The van der Waals surface area contributed by atoms with Crippen molar-refractivity contribution in [2.45, 2.75) is 33.8 Å². The minimum atomic E-state index is 0.214. The molecule has 3 heteroatoms. The third-order valence-corrected chi connectivity index (χ3v) is 3.04. The number of nitrogens with two attached hydrogens (primary N) is 1. The summed E-state index contributed by atoms with van der Waals surface area (Å²) in [5.41, 5.74) is 6.87. The Morgan fingerprint density at radius 3 is 2.17 bits per heavy atom. The lowest BCUT2D eigenvalue weighted by atomic mass is 9.96. The molecule has 0 aromatic heterocycles. The van der Waals surface area contributed by atoms with Crippen molar-refractivity contribution < 1.29 is 4.74 Å². The molecule has 1 rings (SSSR count). The standard InChI is InChI=1S/C15H26N2O/c1-11(2)13(9-16)10-17-14-5-7-15(8-6-14)18-12(3)4/h5-8,11-13,17H,9-10,16H2,1-4H3. The second kappa shape index (κ2) is 7.27. The summed E-state index contributed by atoms with van der Waals surface area (Å²) in [6.45, 7) is 10.1. The first kappa shape index (κ1) is 14.8. The fraction of sp³-hybridized carbons (Fsp3) is 0.600. The van der Waals surface area contributed by atoms with Crippen LogP contribution in [0.25, 0.3) is 0 Å². The second-order valence-corrected chi connectivity index (χ2v) is 5.31. The Morgan fingerprint density at radius 1 is 1.11 bits per heavy atom. The lowest BCUT2D eigenvalue weighted by molar-refractivity contribution is 0.242. The van der Waals surface area contributed by atoms with Gasteiger partial charge in [-0.3, -0.25) is 0 Å². The molecule has 3 nitrogen and oxygen atoms in total. The van der Waals surface area contributed by atoms with E-state index >= 15 is 0 Å². The zero-order valence-electron chi connectivity index (χ0n) is 11.9. The van der Waals surface area contributed by atoms with E-state index in [1.165, 1.54) is 0 Å². The number of hydrogen-bond donors (Lipinski definition) is 2. The van der Waals surface area contributed by atoms with Crippen molar-refractivity contribution in [2.75, 3.05) is 18.4 Å². The molecule has 1 aromatic carbocycles. The van der Waals surface area contributed by atoms with E-state index in [4.69, 9.17) is 10.5 Å². The van der Waals surface area contributed by atoms with Gasteiger partial charge in [0.1, 0.15) is 5.75 Å². The molecule has 0 heterocycles. The Labute approximate surface area is 111 Å². The summed E-state index contributed by atoms with van der Waals surface area (Å²) in [6, 6.07) is 8.08. The topological polar surface area (TPSA) is 47.3 Å². The minimum Gasteiger partial charge on any atom is -0.491 e. The third kappa shape index (κ3) is 4.96. The highest BCUT2D eigenvalue weighted by Crippen LogP contribution is 2.18. The zero-order chi connectivity index (χ0) is 13.5. The van der Waals surface area contributed by atoms with Crippen LogP contribution in [0, 0.1) is 11.8 Å². The number of nitrogens with one attached hydrogen (secondary N) is 1. The van der Waals surface area contributed by atoms with Crippen LogP contribution in [-0.2, 0) is 0 Å². The molecule has 0 spiro atoms. The fourth-order valence-corrected chi connectivity index (χ4v) is 1.76. The molecule has 0 aliphatic rings. The molecular formula is C15H26N2O. The average molecular weight is 250 g/mol. The van der Waals surface area contributed by atoms with Gasteiger partial charge in [-0.2, -0.15) is 0 Å². The third-order valence-electron chi connectivity index (χ3n) is 3.04. The number of rotatable bonds is 7. The molecule has 0 aliphatic carbocycles. The molecule has 0 fully saturated rings. The van der Waals surface area contributed by atoms with Crippen LogP contribution in [0.5, 0.6) is 5.75 Å². The largest absolute Gasteiger partial charge is 0.491 e. The van der Waals surface area contributed by atoms with E-state index < -0.39 is 0 Å². The monoisotopic (exact) mass is 250 g/mol. The van der Waals surface area contributed by atoms with E-state index in [2.05, 4.69) is 19.2 Å². The van der Waals surface area contributed by atoms with Crippen LogP contribution in [0.4, 0.5) is 5.69 Å². The molecule has 0 radical (unpaired) electrons. The second-order valence-electron chi connectivity index (χ2n) is 5.31. The van der Waals surface area contributed by atoms with Crippen molar-refractivity contribution in [1.29, 1.82) is 0 Å². The van der Waals surface area contributed by atoms with E-state index in [0.29, 0.717) is 11.8 Å². The first-order chi connectivity index (χ1) is 8.52. The Kier molecular flexibility index (Phi) is 5.99. The summed E-state index contributed by atoms with van der Waals surface area (Å²) in [5, 5.41) is 3.42. The van der Waals surface area contributed by atoms with Gasteiger partial charge in [-0.25, -0.2) is 0 Å². The van der Waals surface area contributed by atoms with Gasteiger partial charge in [0.25, 0.3) is 0 Å². The predicted octanol–water partition coefficient (Wildman–Crippen LogP) is 3.12.